The van der Waals surface area contributed by atoms with Crippen LogP contribution in [0.4, 0.5) is 5.69 Å². The summed E-state index contributed by atoms with van der Waals surface area (Å²) >= 11 is 3.39. The van der Waals surface area contributed by atoms with Crippen LogP contribution in [-0.2, 0) is 4.79 Å². The number of halogens is 1. The summed E-state index contributed by atoms with van der Waals surface area (Å²) in [4.78, 5) is 11.7. The van der Waals surface area contributed by atoms with Gasteiger partial charge in [-0.15, -0.1) is 0 Å². The maximum atomic E-state index is 11.7. The molecule has 0 unspecified atom stereocenters. The third kappa shape index (κ3) is 6.08. The fourth-order valence-corrected chi connectivity index (χ4v) is 2.26. The minimum atomic E-state index is -0.204. The number of para-hydroxylation sites is 1. The number of allylic oxidation sites excluding steroid dienone is 1. The molecule has 2 aromatic rings. The Morgan fingerprint density at radius 1 is 1.13 bits per heavy atom. The van der Waals surface area contributed by atoms with Crippen molar-refractivity contribution in [2.24, 2.45) is 5.10 Å². The molecule has 0 spiro atoms. The first-order chi connectivity index (χ1) is 11.1. The Bertz CT molecular complexity index is 711. The Kier molecular flexibility index (Phi) is 6.56. The number of hydrazone groups is 1. The van der Waals surface area contributed by atoms with Crippen LogP contribution in [-0.4, -0.2) is 18.7 Å². The molecule has 0 aliphatic carbocycles. The molecule has 2 aromatic carbocycles. The van der Waals surface area contributed by atoms with Crippen molar-refractivity contribution in [1.29, 1.82) is 0 Å². The van der Waals surface area contributed by atoms with E-state index in [2.05, 4.69) is 31.8 Å². The van der Waals surface area contributed by atoms with Crippen LogP contribution < -0.4 is 10.7 Å². The summed E-state index contributed by atoms with van der Waals surface area (Å²) in [6.45, 7) is 2.16. The van der Waals surface area contributed by atoms with Crippen LogP contribution in [0.1, 0.15) is 11.1 Å². The molecule has 2 rings (SSSR count). The fraction of sp³-hybridized carbons (Fsp3) is 0.111. The van der Waals surface area contributed by atoms with E-state index in [-0.39, 0.29) is 12.5 Å². The number of nitrogens with zero attached hydrogens (tertiary/aromatic N) is 1. The summed E-state index contributed by atoms with van der Waals surface area (Å²) in [7, 11) is 0. The van der Waals surface area contributed by atoms with Gasteiger partial charge in [0.05, 0.1) is 12.8 Å². The smallest absolute Gasteiger partial charge is 0.259 e. The van der Waals surface area contributed by atoms with Gasteiger partial charge in [0.25, 0.3) is 5.91 Å². The second-order valence-corrected chi connectivity index (χ2v) is 5.82. The third-order valence-electron chi connectivity index (χ3n) is 3.07. The number of carbonyl (C=O) groups excluding carboxylic acids is 1. The number of amides is 1. The monoisotopic (exact) mass is 371 g/mol. The van der Waals surface area contributed by atoms with Crippen molar-refractivity contribution in [2.75, 3.05) is 11.9 Å². The second kappa shape index (κ2) is 8.90. The molecular weight excluding hydrogens is 354 g/mol. The zero-order valence-electron chi connectivity index (χ0n) is 12.8. The molecule has 0 fully saturated rings. The highest BCUT2D eigenvalue weighted by Gasteiger charge is 2.01. The van der Waals surface area contributed by atoms with E-state index in [1.54, 1.807) is 6.21 Å². The van der Waals surface area contributed by atoms with Crippen molar-refractivity contribution in [3.63, 3.8) is 0 Å². The lowest BCUT2D eigenvalue weighted by Crippen LogP contribution is -2.26. The Hall–Kier alpha value is -2.40. The van der Waals surface area contributed by atoms with Gasteiger partial charge >= 0.3 is 0 Å². The molecule has 0 aliphatic rings. The number of nitrogens with one attached hydrogen (secondary N) is 2. The molecule has 4 nitrogen and oxygen atoms in total. The van der Waals surface area contributed by atoms with Gasteiger partial charge < -0.3 is 5.32 Å². The molecule has 0 heterocycles. The van der Waals surface area contributed by atoms with Crippen LogP contribution in [0, 0.1) is 6.92 Å². The lowest BCUT2D eigenvalue weighted by molar-refractivity contribution is -0.119. The van der Waals surface area contributed by atoms with E-state index in [9.17, 15) is 4.79 Å². The molecular formula is C18H18BrN3O. The van der Waals surface area contributed by atoms with Crippen LogP contribution in [0.5, 0.6) is 0 Å². The molecule has 0 saturated carbocycles. The first-order valence-corrected chi connectivity index (χ1v) is 7.98. The van der Waals surface area contributed by atoms with E-state index in [1.165, 1.54) is 0 Å². The predicted octanol–water partition coefficient (Wildman–Crippen LogP) is 3.94. The topological polar surface area (TPSA) is 53.5 Å². The average molecular weight is 372 g/mol. The summed E-state index contributed by atoms with van der Waals surface area (Å²) in [5.74, 6) is -0.204. The van der Waals surface area contributed by atoms with Gasteiger partial charge in [0, 0.05) is 10.2 Å². The van der Waals surface area contributed by atoms with Gasteiger partial charge in [-0.05, 0) is 46.1 Å². The van der Waals surface area contributed by atoms with Crippen LogP contribution in [0.25, 0.3) is 6.08 Å². The maximum Gasteiger partial charge on any atom is 0.259 e. The molecule has 0 aliphatic heterocycles. The van der Waals surface area contributed by atoms with Crippen molar-refractivity contribution in [1.82, 2.24) is 5.43 Å². The number of rotatable bonds is 6. The predicted molar refractivity (Wildman–Crippen MR) is 99.6 cm³/mol. The summed E-state index contributed by atoms with van der Waals surface area (Å²) in [6, 6.07) is 17.7. The normalized spacial score (nSPS) is 11.5. The fourth-order valence-electron chi connectivity index (χ4n) is 1.90. The molecule has 118 valence electrons. The number of aryl methyl sites for hydroxylation is 1. The Morgan fingerprint density at radius 2 is 1.83 bits per heavy atom. The van der Waals surface area contributed by atoms with Crippen molar-refractivity contribution in [3.05, 3.63) is 70.2 Å². The summed E-state index contributed by atoms with van der Waals surface area (Å²) in [5.41, 5.74) is 5.58. The summed E-state index contributed by atoms with van der Waals surface area (Å²) < 4.78 is 0.774. The third-order valence-corrected chi connectivity index (χ3v) is 3.50. The largest absolute Gasteiger partial charge is 0.376 e. The summed E-state index contributed by atoms with van der Waals surface area (Å²) in [6.07, 6.45) is 3.47. The Labute approximate surface area is 144 Å². The number of carbonyl (C=O) groups is 1. The highest BCUT2D eigenvalue weighted by Crippen LogP contribution is 2.12. The van der Waals surface area contributed by atoms with E-state index >= 15 is 0 Å². The van der Waals surface area contributed by atoms with Crippen LogP contribution in [0.2, 0.25) is 0 Å². The SMILES string of the molecule is Cc1ccccc1NCC(=O)N/N=C\C(Br)=C\c1ccccc1. The number of benzene rings is 2. The standard InChI is InChI=1S/C18H18BrN3O/c1-14-7-5-6-10-17(14)20-13-18(23)22-21-12-16(19)11-15-8-3-2-4-9-15/h2-12,20H,13H2,1H3,(H,22,23)/b16-11-,21-12-. The number of anilines is 1. The minimum absolute atomic E-state index is 0.169. The number of hydrogen-bond acceptors (Lipinski definition) is 3. The highest BCUT2D eigenvalue weighted by atomic mass is 79.9. The van der Waals surface area contributed by atoms with E-state index in [1.807, 2.05) is 67.6 Å². The molecule has 0 atom stereocenters. The molecule has 5 heteroatoms. The minimum Gasteiger partial charge on any atom is -0.376 e. The summed E-state index contributed by atoms with van der Waals surface area (Å²) in [5, 5.41) is 7.00. The molecule has 0 aromatic heterocycles. The molecule has 2 N–H and O–H groups in total. The van der Waals surface area contributed by atoms with Crippen molar-refractivity contribution >= 4 is 39.8 Å². The Morgan fingerprint density at radius 3 is 2.57 bits per heavy atom. The number of hydrogen-bond donors (Lipinski definition) is 2. The molecule has 1 amide bonds. The average Bonchev–Trinajstić information content (AvgIpc) is 2.55. The first-order valence-electron chi connectivity index (χ1n) is 7.19. The Balaban J connectivity index is 1.80. The van der Waals surface area contributed by atoms with Crippen LogP contribution >= 0.6 is 15.9 Å². The first kappa shape index (κ1) is 17.0. The molecule has 23 heavy (non-hydrogen) atoms. The van der Waals surface area contributed by atoms with E-state index in [0.717, 1.165) is 21.3 Å². The highest BCUT2D eigenvalue weighted by molar-refractivity contribution is 9.12. The van der Waals surface area contributed by atoms with Crippen molar-refractivity contribution < 1.29 is 4.79 Å². The van der Waals surface area contributed by atoms with E-state index < -0.39 is 0 Å². The van der Waals surface area contributed by atoms with Gasteiger partial charge in [0.2, 0.25) is 0 Å². The van der Waals surface area contributed by atoms with Crippen molar-refractivity contribution in [3.8, 4) is 0 Å². The van der Waals surface area contributed by atoms with Gasteiger partial charge in [-0.3, -0.25) is 4.79 Å². The van der Waals surface area contributed by atoms with Gasteiger partial charge in [-0.2, -0.15) is 5.10 Å². The van der Waals surface area contributed by atoms with Gasteiger partial charge in [-0.1, -0.05) is 48.5 Å². The molecule has 0 bridgehead atoms. The zero-order chi connectivity index (χ0) is 16.5. The van der Waals surface area contributed by atoms with Crippen LogP contribution in [0.3, 0.4) is 0 Å². The second-order valence-electron chi connectivity index (χ2n) is 4.90. The van der Waals surface area contributed by atoms with Crippen LogP contribution in [0.15, 0.2) is 64.2 Å². The van der Waals surface area contributed by atoms with Crippen molar-refractivity contribution in [2.45, 2.75) is 6.92 Å². The van der Waals surface area contributed by atoms with E-state index in [4.69, 9.17) is 0 Å². The van der Waals surface area contributed by atoms with E-state index in [0.29, 0.717) is 0 Å². The lowest BCUT2D eigenvalue weighted by Gasteiger charge is -2.07. The van der Waals surface area contributed by atoms with Gasteiger partial charge in [0.1, 0.15) is 0 Å². The quantitative estimate of drug-likeness (QED) is 0.596. The zero-order valence-corrected chi connectivity index (χ0v) is 14.4. The molecule has 0 radical (unpaired) electrons. The maximum absolute atomic E-state index is 11.7. The van der Waals surface area contributed by atoms with Gasteiger partial charge in [0.15, 0.2) is 0 Å². The van der Waals surface area contributed by atoms with Gasteiger partial charge in [-0.25, -0.2) is 5.43 Å². The molecule has 0 saturated heterocycles. The lowest BCUT2D eigenvalue weighted by atomic mass is 10.2.